The summed E-state index contributed by atoms with van der Waals surface area (Å²) in [6.07, 6.45) is 1.30. The molecule has 6 nitrogen and oxygen atoms in total. The van der Waals surface area contributed by atoms with Crippen LogP contribution in [-0.2, 0) is 14.4 Å². The minimum atomic E-state index is -0.459. The Morgan fingerprint density at radius 3 is 2.67 bits per heavy atom. The zero-order chi connectivity index (χ0) is 13.7. The number of likely N-dealkylation sites (tertiary alicyclic amines) is 1. The van der Waals surface area contributed by atoms with Gasteiger partial charge in [-0.2, -0.15) is 0 Å². The van der Waals surface area contributed by atoms with E-state index in [1.54, 1.807) is 14.1 Å². The molecule has 102 valence electrons. The first-order valence-electron chi connectivity index (χ1n) is 6.25. The molecule has 3 amide bonds. The molecule has 1 atom stereocenters. The van der Waals surface area contributed by atoms with Gasteiger partial charge in [-0.15, -0.1) is 0 Å². The Morgan fingerprint density at radius 1 is 1.44 bits per heavy atom. The summed E-state index contributed by atoms with van der Waals surface area (Å²) in [7, 11) is 3.38. The minimum absolute atomic E-state index is 0.00434. The monoisotopic (exact) mass is 255 g/mol. The number of hydrogen-bond acceptors (Lipinski definition) is 4. The Kier molecular flexibility index (Phi) is 5.27. The molecular formula is C12H21N3O3. The Morgan fingerprint density at radius 2 is 2.11 bits per heavy atom. The molecule has 0 aromatic carbocycles. The predicted molar refractivity (Wildman–Crippen MR) is 66.7 cm³/mol. The van der Waals surface area contributed by atoms with Crippen molar-refractivity contribution in [3.05, 3.63) is 0 Å². The number of rotatable bonds is 6. The highest BCUT2D eigenvalue weighted by Crippen LogP contribution is 2.13. The van der Waals surface area contributed by atoms with E-state index in [4.69, 9.17) is 0 Å². The van der Waals surface area contributed by atoms with Crippen LogP contribution in [0.3, 0.4) is 0 Å². The molecule has 1 unspecified atom stereocenters. The average molecular weight is 255 g/mol. The van der Waals surface area contributed by atoms with E-state index in [1.165, 1.54) is 9.80 Å². The Hall–Kier alpha value is -1.43. The fraction of sp³-hybridized carbons (Fsp3) is 0.750. The molecule has 0 radical (unpaired) electrons. The average Bonchev–Trinajstić information content (AvgIpc) is 2.57. The van der Waals surface area contributed by atoms with Gasteiger partial charge in [0.05, 0.1) is 12.5 Å². The van der Waals surface area contributed by atoms with E-state index in [0.29, 0.717) is 19.5 Å². The standard InChI is InChI=1S/C12H21N3O3/c1-4-7-15-11(17)8-9(12(15)18)13-6-5-10(16)14(2)3/h9,13H,4-8H2,1-3H3. The van der Waals surface area contributed by atoms with Crippen LogP contribution in [-0.4, -0.2) is 60.7 Å². The molecule has 1 rings (SSSR count). The van der Waals surface area contributed by atoms with Crippen LogP contribution in [0.15, 0.2) is 0 Å². The number of nitrogens with one attached hydrogen (secondary N) is 1. The summed E-state index contributed by atoms with van der Waals surface area (Å²) in [4.78, 5) is 37.6. The molecule has 1 aliphatic rings. The summed E-state index contributed by atoms with van der Waals surface area (Å²) in [6, 6.07) is -0.459. The van der Waals surface area contributed by atoms with E-state index in [0.717, 1.165) is 6.42 Å². The van der Waals surface area contributed by atoms with Gasteiger partial charge in [-0.1, -0.05) is 6.92 Å². The van der Waals surface area contributed by atoms with Gasteiger partial charge in [0.1, 0.15) is 0 Å². The highest BCUT2D eigenvalue weighted by molar-refractivity contribution is 6.05. The van der Waals surface area contributed by atoms with Gasteiger partial charge in [0.15, 0.2) is 0 Å². The lowest BCUT2D eigenvalue weighted by atomic mass is 10.2. The molecule has 1 saturated heterocycles. The lowest BCUT2D eigenvalue weighted by Crippen LogP contribution is -2.40. The van der Waals surface area contributed by atoms with Crippen molar-refractivity contribution in [1.29, 1.82) is 0 Å². The van der Waals surface area contributed by atoms with Crippen LogP contribution >= 0.6 is 0 Å². The predicted octanol–water partition coefficient (Wildman–Crippen LogP) is -0.408. The number of carbonyl (C=O) groups is 3. The van der Waals surface area contributed by atoms with Crippen LogP contribution in [0.5, 0.6) is 0 Å². The maximum Gasteiger partial charge on any atom is 0.246 e. The van der Waals surface area contributed by atoms with Gasteiger partial charge in [0.25, 0.3) is 0 Å². The van der Waals surface area contributed by atoms with E-state index in [-0.39, 0.29) is 24.1 Å². The second-order valence-electron chi connectivity index (χ2n) is 4.63. The Labute approximate surface area is 107 Å². The number of imide groups is 1. The van der Waals surface area contributed by atoms with Crippen molar-refractivity contribution in [1.82, 2.24) is 15.1 Å². The third-order valence-electron chi connectivity index (χ3n) is 2.92. The van der Waals surface area contributed by atoms with Crippen molar-refractivity contribution in [3.8, 4) is 0 Å². The molecule has 0 saturated carbocycles. The molecule has 1 aliphatic heterocycles. The topological polar surface area (TPSA) is 69.7 Å². The van der Waals surface area contributed by atoms with Crippen LogP contribution in [0, 0.1) is 0 Å². The van der Waals surface area contributed by atoms with Gasteiger partial charge < -0.3 is 10.2 Å². The smallest absolute Gasteiger partial charge is 0.246 e. The Bertz CT molecular complexity index is 341. The van der Waals surface area contributed by atoms with Crippen molar-refractivity contribution >= 4 is 17.7 Å². The van der Waals surface area contributed by atoms with Crippen LogP contribution in [0.4, 0.5) is 0 Å². The van der Waals surface area contributed by atoms with Crippen LogP contribution in [0.2, 0.25) is 0 Å². The van der Waals surface area contributed by atoms with Crippen molar-refractivity contribution in [2.24, 2.45) is 0 Å². The fourth-order valence-corrected chi connectivity index (χ4v) is 1.88. The molecule has 0 bridgehead atoms. The van der Waals surface area contributed by atoms with Crippen LogP contribution in [0.25, 0.3) is 0 Å². The summed E-state index contributed by atoms with van der Waals surface area (Å²) >= 11 is 0. The van der Waals surface area contributed by atoms with Gasteiger partial charge in [0.2, 0.25) is 17.7 Å². The number of hydrogen-bond donors (Lipinski definition) is 1. The lowest BCUT2D eigenvalue weighted by molar-refractivity contribution is -0.139. The first-order chi connectivity index (χ1) is 8.47. The first-order valence-corrected chi connectivity index (χ1v) is 6.25. The highest BCUT2D eigenvalue weighted by Gasteiger charge is 2.37. The number of carbonyl (C=O) groups excluding carboxylic acids is 3. The van der Waals surface area contributed by atoms with Gasteiger partial charge >= 0.3 is 0 Å². The minimum Gasteiger partial charge on any atom is -0.349 e. The Balaban J connectivity index is 2.38. The quantitative estimate of drug-likeness (QED) is 0.655. The summed E-state index contributed by atoms with van der Waals surface area (Å²) < 4.78 is 0. The van der Waals surface area contributed by atoms with E-state index < -0.39 is 6.04 Å². The zero-order valence-corrected chi connectivity index (χ0v) is 11.2. The maximum atomic E-state index is 11.9. The van der Waals surface area contributed by atoms with Gasteiger partial charge in [-0.3, -0.25) is 19.3 Å². The SMILES string of the molecule is CCCN1C(=O)CC(NCCC(=O)N(C)C)C1=O. The molecule has 6 heteroatoms. The molecule has 0 aromatic heterocycles. The number of nitrogens with zero attached hydrogens (tertiary/aromatic N) is 2. The molecule has 0 aliphatic carbocycles. The molecular weight excluding hydrogens is 234 g/mol. The van der Waals surface area contributed by atoms with Gasteiger partial charge in [-0.25, -0.2) is 0 Å². The van der Waals surface area contributed by atoms with E-state index in [2.05, 4.69) is 5.32 Å². The van der Waals surface area contributed by atoms with Gasteiger partial charge in [0, 0.05) is 33.6 Å². The van der Waals surface area contributed by atoms with Crippen molar-refractivity contribution in [2.75, 3.05) is 27.2 Å². The summed E-state index contributed by atoms with van der Waals surface area (Å²) in [5.41, 5.74) is 0. The number of amides is 3. The van der Waals surface area contributed by atoms with Crippen molar-refractivity contribution < 1.29 is 14.4 Å². The second-order valence-corrected chi connectivity index (χ2v) is 4.63. The zero-order valence-electron chi connectivity index (χ0n) is 11.2. The second kappa shape index (κ2) is 6.49. The van der Waals surface area contributed by atoms with Crippen molar-refractivity contribution in [2.45, 2.75) is 32.2 Å². The molecule has 1 heterocycles. The van der Waals surface area contributed by atoms with E-state index in [9.17, 15) is 14.4 Å². The maximum absolute atomic E-state index is 11.9. The fourth-order valence-electron chi connectivity index (χ4n) is 1.88. The largest absolute Gasteiger partial charge is 0.349 e. The van der Waals surface area contributed by atoms with E-state index >= 15 is 0 Å². The van der Waals surface area contributed by atoms with Gasteiger partial charge in [-0.05, 0) is 6.42 Å². The molecule has 0 aromatic rings. The summed E-state index contributed by atoms with van der Waals surface area (Å²) in [5.74, 6) is -0.290. The molecule has 0 spiro atoms. The normalized spacial score (nSPS) is 19.5. The highest BCUT2D eigenvalue weighted by atomic mass is 16.2. The molecule has 1 fully saturated rings. The molecule has 18 heavy (non-hydrogen) atoms. The molecule has 1 N–H and O–H groups in total. The summed E-state index contributed by atoms with van der Waals surface area (Å²) in [6.45, 7) is 2.82. The first kappa shape index (κ1) is 14.6. The van der Waals surface area contributed by atoms with E-state index in [1.807, 2.05) is 6.92 Å². The van der Waals surface area contributed by atoms with Crippen LogP contribution in [0.1, 0.15) is 26.2 Å². The van der Waals surface area contributed by atoms with Crippen LogP contribution < -0.4 is 5.32 Å². The third-order valence-corrected chi connectivity index (χ3v) is 2.92. The summed E-state index contributed by atoms with van der Waals surface area (Å²) in [5, 5.41) is 2.98. The third kappa shape index (κ3) is 3.53. The lowest BCUT2D eigenvalue weighted by Gasteiger charge is -2.15. The van der Waals surface area contributed by atoms with Crippen molar-refractivity contribution in [3.63, 3.8) is 0 Å².